The molecule has 0 saturated carbocycles. The van der Waals surface area contributed by atoms with Crippen molar-refractivity contribution in [3.8, 4) is 0 Å². The highest BCUT2D eigenvalue weighted by Gasteiger charge is 2.15. The fourth-order valence-corrected chi connectivity index (χ4v) is 3.04. The number of alkyl halides is 1. The SMILES string of the molecule is CCCC(Br)c1ccc2oc(C)nc2c1Cl. The van der Waals surface area contributed by atoms with Gasteiger partial charge >= 0.3 is 0 Å². The van der Waals surface area contributed by atoms with Gasteiger partial charge in [-0.3, -0.25) is 0 Å². The molecule has 0 spiro atoms. The molecule has 4 heteroatoms. The number of oxazole rings is 1. The summed E-state index contributed by atoms with van der Waals surface area (Å²) >= 11 is 9.98. The number of benzene rings is 1. The van der Waals surface area contributed by atoms with Crippen LogP contribution in [0.2, 0.25) is 5.02 Å². The zero-order valence-electron chi connectivity index (χ0n) is 9.26. The lowest BCUT2D eigenvalue weighted by Gasteiger charge is -2.10. The van der Waals surface area contributed by atoms with Crippen LogP contribution in [0.4, 0.5) is 0 Å². The molecule has 1 atom stereocenters. The summed E-state index contributed by atoms with van der Waals surface area (Å²) in [4.78, 5) is 4.58. The Labute approximate surface area is 108 Å². The Morgan fingerprint density at radius 1 is 1.50 bits per heavy atom. The van der Waals surface area contributed by atoms with Gasteiger partial charge in [0.1, 0.15) is 5.52 Å². The molecule has 1 unspecified atom stereocenters. The van der Waals surface area contributed by atoms with Gasteiger partial charge in [-0.2, -0.15) is 0 Å². The largest absolute Gasteiger partial charge is 0.441 e. The lowest BCUT2D eigenvalue weighted by atomic mass is 10.1. The van der Waals surface area contributed by atoms with Gasteiger partial charge in [-0.25, -0.2) is 4.98 Å². The van der Waals surface area contributed by atoms with Crippen LogP contribution in [0.5, 0.6) is 0 Å². The predicted octanol–water partition coefficient (Wildman–Crippen LogP) is 5.03. The molecule has 1 heterocycles. The van der Waals surface area contributed by atoms with Crippen molar-refractivity contribution in [2.24, 2.45) is 0 Å². The van der Waals surface area contributed by atoms with Crippen LogP contribution in [0.3, 0.4) is 0 Å². The molecule has 0 fully saturated rings. The Balaban J connectivity index is 2.51. The molecule has 2 nitrogen and oxygen atoms in total. The summed E-state index contributed by atoms with van der Waals surface area (Å²) in [6.45, 7) is 3.98. The third-order valence-corrected chi connectivity index (χ3v) is 3.86. The smallest absolute Gasteiger partial charge is 0.192 e. The molecule has 0 amide bonds. The summed E-state index contributed by atoms with van der Waals surface area (Å²) in [5.41, 5.74) is 2.60. The molecular weight excluding hydrogens is 289 g/mol. The Morgan fingerprint density at radius 2 is 2.25 bits per heavy atom. The molecule has 0 aliphatic rings. The molecule has 0 aliphatic heterocycles. The summed E-state index contributed by atoms with van der Waals surface area (Å²) in [6.07, 6.45) is 2.17. The highest BCUT2D eigenvalue weighted by Crippen LogP contribution is 2.36. The van der Waals surface area contributed by atoms with Gasteiger partial charge < -0.3 is 4.42 Å². The van der Waals surface area contributed by atoms with Gasteiger partial charge in [0.05, 0.1) is 5.02 Å². The van der Waals surface area contributed by atoms with Crippen LogP contribution in [-0.2, 0) is 0 Å². The van der Waals surface area contributed by atoms with E-state index in [9.17, 15) is 0 Å². The van der Waals surface area contributed by atoms with Gasteiger partial charge in [0.15, 0.2) is 11.5 Å². The maximum Gasteiger partial charge on any atom is 0.192 e. The predicted molar refractivity (Wildman–Crippen MR) is 70.3 cm³/mol. The Bertz CT molecular complexity index is 509. The molecule has 0 N–H and O–H groups in total. The van der Waals surface area contributed by atoms with Crippen molar-refractivity contribution in [1.82, 2.24) is 4.98 Å². The Hall–Kier alpha value is -0.540. The fraction of sp³-hybridized carbons (Fsp3) is 0.417. The number of rotatable bonds is 3. The van der Waals surface area contributed by atoms with Crippen molar-refractivity contribution < 1.29 is 4.42 Å². The molecule has 86 valence electrons. The van der Waals surface area contributed by atoms with Crippen LogP contribution in [0, 0.1) is 6.92 Å². The Kier molecular flexibility index (Phi) is 3.55. The van der Waals surface area contributed by atoms with E-state index in [-0.39, 0.29) is 4.83 Å². The van der Waals surface area contributed by atoms with Gasteiger partial charge in [0, 0.05) is 11.8 Å². The molecule has 0 bridgehead atoms. The van der Waals surface area contributed by atoms with Crippen molar-refractivity contribution in [3.63, 3.8) is 0 Å². The number of fused-ring (bicyclic) bond motifs is 1. The van der Waals surface area contributed by atoms with E-state index in [2.05, 4.69) is 27.8 Å². The van der Waals surface area contributed by atoms with E-state index in [1.165, 1.54) is 0 Å². The summed E-state index contributed by atoms with van der Waals surface area (Å²) in [6, 6.07) is 3.94. The average Bonchev–Trinajstić information content (AvgIpc) is 2.60. The van der Waals surface area contributed by atoms with Crippen LogP contribution in [0.15, 0.2) is 16.5 Å². The molecule has 1 aromatic carbocycles. The van der Waals surface area contributed by atoms with E-state index in [1.54, 1.807) is 0 Å². The quantitative estimate of drug-likeness (QED) is 0.744. The maximum atomic E-state index is 6.33. The second kappa shape index (κ2) is 4.76. The lowest BCUT2D eigenvalue weighted by molar-refractivity contribution is 0.561. The summed E-state index contributed by atoms with van der Waals surface area (Å²) < 4.78 is 5.43. The number of hydrogen-bond donors (Lipinski definition) is 0. The second-order valence-electron chi connectivity index (χ2n) is 3.80. The van der Waals surface area contributed by atoms with Crippen molar-refractivity contribution in [1.29, 1.82) is 0 Å². The molecule has 1 aromatic heterocycles. The second-order valence-corrected chi connectivity index (χ2v) is 5.29. The zero-order valence-corrected chi connectivity index (χ0v) is 11.6. The van der Waals surface area contributed by atoms with Gasteiger partial charge in [-0.15, -0.1) is 0 Å². The third kappa shape index (κ3) is 2.11. The first-order valence-electron chi connectivity index (χ1n) is 5.33. The van der Waals surface area contributed by atoms with Gasteiger partial charge in [0.2, 0.25) is 0 Å². The molecule has 2 aromatic rings. The minimum Gasteiger partial charge on any atom is -0.441 e. The van der Waals surface area contributed by atoms with Gasteiger partial charge in [0.25, 0.3) is 0 Å². The normalized spacial score (nSPS) is 13.2. The molecule has 16 heavy (non-hydrogen) atoms. The van der Waals surface area contributed by atoms with Crippen molar-refractivity contribution >= 4 is 38.6 Å². The van der Waals surface area contributed by atoms with Gasteiger partial charge in [-0.05, 0) is 18.1 Å². The first kappa shape index (κ1) is 11.9. The zero-order chi connectivity index (χ0) is 11.7. The first-order chi connectivity index (χ1) is 7.63. The molecule has 2 rings (SSSR count). The van der Waals surface area contributed by atoms with E-state index in [0.717, 1.165) is 29.5 Å². The lowest BCUT2D eigenvalue weighted by Crippen LogP contribution is -1.91. The topological polar surface area (TPSA) is 26.0 Å². The van der Waals surface area contributed by atoms with E-state index in [0.29, 0.717) is 10.9 Å². The number of halogens is 2. The van der Waals surface area contributed by atoms with Crippen molar-refractivity contribution in [2.45, 2.75) is 31.5 Å². The van der Waals surface area contributed by atoms with Crippen LogP contribution in [-0.4, -0.2) is 4.98 Å². The number of aryl methyl sites for hydroxylation is 1. The monoisotopic (exact) mass is 301 g/mol. The average molecular weight is 303 g/mol. The van der Waals surface area contributed by atoms with Crippen molar-refractivity contribution in [3.05, 3.63) is 28.6 Å². The van der Waals surface area contributed by atoms with E-state index in [4.69, 9.17) is 16.0 Å². The summed E-state index contributed by atoms with van der Waals surface area (Å²) in [5, 5.41) is 0.699. The minimum absolute atomic E-state index is 0.284. The molecule has 0 saturated heterocycles. The van der Waals surface area contributed by atoms with E-state index >= 15 is 0 Å². The van der Waals surface area contributed by atoms with Crippen LogP contribution < -0.4 is 0 Å². The highest BCUT2D eigenvalue weighted by molar-refractivity contribution is 9.09. The Morgan fingerprint density at radius 3 is 2.94 bits per heavy atom. The van der Waals surface area contributed by atoms with Gasteiger partial charge in [-0.1, -0.05) is 46.9 Å². The van der Waals surface area contributed by atoms with Crippen LogP contribution >= 0.6 is 27.5 Å². The van der Waals surface area contributed by atoms with E-state index in [1.807, 2.05) is 19.1 Å². The number of nitrogens with zero attached hydrogens (tertiary/aromatic N) is 1. The summed E-state index contributed by atoms with van der Waals surface area (Å²) in [5.74, 6) is 0.649. The third-order valence-electron chi connectivity index (χ3n) is 2.52. The molecule has 0 radical (unpaired) electrons. The van der Waals surface area contributed by atoms with E-state index < -0.39 is 0 Å². The number of aromatic nitrogens is 1. The van der Waals surface area contributed by atoms with Crippen LogP contribution in [0.1, 0.15) is 36.0 Å². The first-order valence-corrected chi connectivity index (χ1v) is 6.62. The minimum atomic E-state index is 0.284. The van der Waals surface area contributed by atoms with Crippen molar-refractivity contribution in [2.75, 3.05) is 0 Å². The number of hydrogen-bond acceptors (Lipinski definition) is 2. The standard InChI is InChI=1S/C12H13BrClNO/c1-3-4-9(13)8-5-6-10-12(11(8)14)15-7(2)16-10/h5-6,9H,3-4H2,1-2H3. The molecule has 0 aliphatic carbocycles. The fourth-order valence-electron chi connectivity index (χ4n) is 1.74. The highest BCUT2D eigenvalue weighted by atomic mass is 79.9. The maximum absolute atomic E-state index is 6.33. The molecular formula is C12H13BrClNO. The summed E-state index contributed by atoms with van der Waals surface area (Å²) in [7, 11) is 0. The van der Waals surface area contributed by atoms with Crippen LogP contribution in [0.25, 0.3) is 11.1 Å².